The van der Waals surface area contributed by atoms with Gasteiger partial charge in [0.25, 0.3) is 0 Å². The van der Waals surface area contributed by atoms with Gasteiger partial charge in [-0.05, 0) is 62.1 Å². The third kappa shape index (κ3) is 5.13. The molecule has 2 aromatic rings. The van der Waals surface area contributed by atoms with Crippen molar-refractivity contribution in [3.63, 3.8) is 0 Å². The molecule has 1 aromatic heterocycles. The first kappa shape index (κ1) is 19.9. The van der Waals surface area contributed by atoms with Crippen LogP contribution in [0.25, 0.3) is 0 Å². The van der Waals surface area contributed by atoms with Crippen LogP contribution in [0.4, 0.5) is 21.8 Å². The highest BCUT2D eigenvalue weighted by molar-refractivity contribution is 5.58. The van der Waals surface area contributed by atoms with Gasteiger partial charge in [0, 0.05) is 12.6 Å². The summed E-state index contributed by atoms with van der Waals surface area (Å²) in [5.41, 5.74) is 12.9. The summed E-state index contributed by atoms with van der Waals surface area (Å²) in [6.45, 7) is 0.501. The summed E-state index contributed by atoms with van der Waals surface area (Å²) in [6, 6.07) is 6.45. The highest BCUT2D eigenvalue weighted by Gasteiger charge is 2.27. The number of anilines is 2. The fourth-order valence-electron chi connectivity index (χ4n) is 3.58. The number of nitrogens with two attached hydrogens (primary N) is 2. The number of hydrogen-bond donors (Lipinski definition) is 3. The first-order chi connectivity index (χ1) is 13.4. The van der Waals surface area contributed by atoms with Crippen molar-refractivity contribution in [2.75, 3.05) is 17.6 Å². The third-order valence-corrected chi connectivity index (χ3v) is 5.15. The van der Waals surface area contributed by atoms with Crippen molar-refractivity contribution in [1.82, 2.24) is 9.97 Å². The minimum Gasteiger partial charge on any atom is -0.378 e. The van der Waals surface area contributed by atoms with Gasteiger partial charge in [-0.1, -0.05) is 12.1 Å². The highest BCUT2D eigenvalue weighted by atomic mass is 19.1. The molecule has 1 fully saturated rings. The molecule has 1 aliphatic rings. The minimum atomic E-state index is -0.512. The minimum absolute atomic E-state index is 0.133. The van der Waals surface area contributed by atoms with Crippen LogP contribution in [0.3, 0.4) is 0 Å². The van der Waals surface area contributed by atoms with Gasteiger partial charge in [-0.3, -0.25) is 10.1 Å². The maximum atomic E-state index is 13.0. The van der Waals surface area contributed by atoms with Gasteiger partial charge in [-0.25, -0.2) is 9.37 Å². The lowest BCUT2D eigenvalue weighted by molar-refractivity contribution is -0.385. The van der Waals surface area contributed by atoms with Crippen LogP contribution in [0.2, 0.25) is 0 Å². The Morgan fingerprint density at radius 2 is 1.86 bits per heavy atom. The number of nitrogens with one attached hydrogen (secondary N) is 1. The molecule has 1 aliphatic carbocycles. The van der Waals surface area contributed by atoms with E-state index in [9.17, 15) is 14.5 Å². The zero-order valence-electron chi connectivity index (χ0n) is 15.6. The van der Waals surface area contributed by atoms with Crippen molar-refractivity contribution < 1.29 is 9.31 Å². The van der Waals surface area contributed by atoms with E-state index in [1.54, 1.807) is 12.1 Å². The van der Waals surface area contributed by atoms with Gasteiger partial charge in [-0.15, -0.1) is 0 Å². The van der Waals surface area contributed by atoms with Crippen molar-refractivity contribution in [3.05, 3.63) is 51.5 Å². The molecule has 1 aromatic carbocycles. The SMILES string of the molecule is Nc1nc(NCCc2ccc(F)cc2)nc(CC2CCC(N)CC2)c1[N+](=O)[O-]. The van der Waals surface area contributed by atoms with Crippen LogP contribution < -0.4 is 16.8 Å². The monoisotopic (exact) mass is 388 g/mol. The van der Waals surface area contributed by atoms with Gasteiger partial charge in [0.1, 0.15) is 11.5 Å². The second-order valence-corrected chi connectivity index (χ2v) is 7.27. The quantitative estimate of drug-likeness (QED) is 0.490. The van der Waals surface area contributed by atoms with Crippen LogP contribution in [0.1, 0.15) is 36.9 Å². The zero-order valence-corrected chi connectivity index (χ0v) is 15.6. The molecule has 1 heterocycles. The molecule has 0 radical (unpaired) electrons. The Kier molecular flexibility index (Phi) is 6.35. The second-order valence-electron chi connectivity index (χ2n) is 7.27. The number of hydrogen-bond acceptors (Lipinski definition) is 7. The Morgan fingerprint density at radius 3 is 2.50 bits per heavy atom. The summed E-state index contributed by atoms with van der Waals surface area (Å²) in [6.07, 6.45) is 4.81. The first-order valence-corrected chi connectivity index (χ1v) is 9.47. The van der Waals surface area contributed by atoms with Gasteiger partial charge in [-0.2, -0.15) is 4.98 Å². The molecule has 8 nitrogen and oxygen atoms in total. The van der Waals surface area contributed by atoms with Crippen LogP contribution in [0.15, 0.2) is 24.3 Å². The predicted octanol–water partition coefficient (Wildman–Crippen LogP) is 2.82. The molecule has 0 spiro atoms. The fraction of sp³-hybridized carbons (Fsp3) is 0.474. The molecule has 3 rings (SSSR count). The largest absolute Gasteiger partial charge is 0.378 e. The molecule has 0 saturated heterocycles. The Bertz CT molecular complexity index is 822. The molecule has 0 amide bonds. The molecule has 5 N–H and O–H groups in total. The van der Waals surface area contributed by atoms with Crippen LogP contribution in [-0.2, 0) is 12.8 Å². The third-order valence-electron chi connectivity index (χ3n) is 5.15. The Hall–Kier alpha value is -2.81. The highest BCUT2D eigenvalue weighted by Crippen LogP contribution is 2.31. The number of nitrogens with zero attached hydrogens (tertiary/aromatic N) is 3. The lowest BCUT2D eigenvalue weighted by Crippen LogP contribution is -2.27. The van der Waals surface area contributed by atoms with Crippen LogP contribution in [0, 0.1) is 21.8 Å². The summed E-state index contributed by atoms with van der Waals surface area (Å²) < 4.78 is 13.0. The number of rotatable bonds is 7. The van der Waals surface area contributed by atoms with E-state index in [1.165, 1.54) is 12.1 Å². The van der Waals surface area contributed by atoms with Crippen molar-refractivity contribution in [1.29, 1.82) is 0 Å². The smallest absolute Gasteiger partial charge is 0.332 e. The van der Waals surface area contributed by atoms with E-state index < -0.39 is 4.92 Å². The van der Waals surface area contributed by atoms with E-state index in [1.807, 2.05) is 0 Å². The maximum absolute atomic E-state index is 13.0. The van der Waals surface area contributed by atoms with Gasteiger partial charge >= 0.3 is 5.69 Å². The topological polar surface area (TPSA) is 133 Å². The molecule has 1 saturated carbocycles. The summed E-state index contributed by atoms with van der Waals surface area (Å²) in [4.78, 5) is 19.4. The fourth-order valence-corrected chi connectivity index (χ4v) is 3.58. The standard InChI is InChI=1S/C19H25FN6O2/c20-14-5-1-12(2-6-14)9-10-23-19-24-16(17(26(27)28)18(22)25-19)11-13-3-7-15(21)8-4-13/h1-2,5-6,13,15H,3-4,7-11,21H2,(H3,22,23,24,25). The maximum Gasteiger partial charge on any atom is 0.332 e. The lowest BCUT2D eigenvalue weighted by atomic mass is 9.83. The predicted molar refractivity (Wildman–Crippen MR) is 105 cm³/mol. The summed E-state index contributed by atoms with van der Waals surface area (Å²) in [7, 11) is 0. The van der Waals surface area contributed by atoms with E-state index >= 15 is 0 Å². The summed E-state index contributed by atoms with van der Waals surface area (Å²) >= 11 is 0. The van der Waals surface area contributed by atoms with Gasteiger partial charge < -0.3 is 16.8 Å². The average molecular weight is 388 g/mol. The zero-order chi connectivity index (χ0) is 20.1. The number of halogens is 1. The number of nitrogen functional groups attached to an aromatic ring is 1. The van der Waals surface area contributed by atoms with E-state index in [0.29, 0.717) is 31.0 Å². The van der Waals surface area contributed by atoms with Gasteiger partial charge in [0.05, 0.1) is 4.92 Å². The second kappa shape index (κ2) is 8.92. The van der Waals surface area contributed by atoms with E-state index in [2.05, 4.69) is 15.3 Å². The van der Waals surface area contributed by atoms with Crippen molar-refractivity contribution in [2.24, 2.45) is 11.7 Å². The molecule has 0 aliphatic heterocycles. The van der Waals surface area contributed by atoms with E-state index in [4.69, 9.17) is 11.5 Å². The average Bonchev–Trinajstić information content (AvgIpc) is 2.64. The molecule has 0 bridgehead atoms. The molecular weight excluding hydrogens is 363 g/mol. The number of benzene rings is 1. The van der Waals surface area contributed by atoms with Crippen molar-refractivity contribution in [3.8, 4) is 0 Å². The molecule has 150 valence electrons. The first-order valence-electron chi connectivity index (χ1n) is 9.47. The lowest BCUT2D eigenvalue weighted by Gasteiger charge is -2.25. The molecule has 0 unspecified atom stereocenters. The van der Waals surface area contributed by atoms with Crippen molar-refractivity contribution >= 4 is 17.5 Å². The molecular formula is C19H25FN6O2. The van der Waals surface area contributed by atoms with E-state index in [-0.39, 0.29) is 29.3 Å². The molecule has 0 atom stereocenters. The van der Waals surface area contributed by atoms with Gasteiger partial charge in [0.15, 0.2) is 0 Å². The Balaban J connectivity index is 1.70. The van der Waals surface area contributed by atoms with Crippen molar-refractivity contribution in [2.45, 2.75) is 44.6 Å². The van der Waals surface area contributed by atoms with Crippen LogP contribution in [-0.4, -0.2) is 27.5 Å². The van der Waals surface area contributed by atoms with Gasteiger partial charge in [0.2, 0.25) is 11.8 Å². The Morgan fingerprint density at radius 1 is 1.18 bits per heavy atom. The normalized spacial score (nSPS) is 19.4. The number of nitro groups is 1. The van der Waals surface area contributed by atoms with Crippen LogP contribution in [0.5, 0.6) is 0 Å². The van der Waals surface area contributed by atoms with Crippen LogP contribution >= 0.6 is 0 Å². The molecule has 9 heteroatoms. The molecule has 28 heavy (non-hydrogen) atoms. The van der Waals surface area contributed by atoms with E-state index in [0.717, 1.165) is 31.2 Å². The summed E-state index contributed by atoms with van der Waals surface area (Å²) in [5.74, 6) is 0.163. The summed E-state index contributed by atoms with van der Waals surface area (Å²) in [5, 5.41) is 14.5. The number of aromatic nitrogens is 2. The Labute approximate surface area is 162 Å².